The van der Waals surface area contributed by atoms with E-state index < -0.39 is 20.2 Å². The summed E-state index contributed by atoms with van der Waals surface area (Å²) in [6.07, 6.45) is 4.10. The Balaban J connectivity index is 1.56. The molecule has 38 heavy (non-hydrogen) atoms. The van der Waals surface area contributed by atoms with Gasteiger partial charge in [-0.25, -0.2) is 14.2 Å². The molecule has 0 saturated heterocycles. The van der Waals surface area contributed by atoms with Gasteiger partial charge in [0.1, 0.15) is 34.9 Å². The van der Waals surface area contributed by atoms with Gasteiger partial charge in [-0.2, -0.15) is 4.57 Å². The molecule has 3 heterocycles. The number of nitrogens with zero attached hydrogens (tertiary/aromatic N) is 2. The Morgan fingerprint density at radius 1 is 1.11 bits per heavy atom. The molecule has 2 aromatic heterocycles. The molecule has 0 saturated carbocycles. The van der Waals surface area contributed by atoms with E-state index in [1.54, 1.807) is 35.2 Å². The fraction of sp³-hybridized carbons (Fsp3) is 0.300. The number of carbonyl (C=O) groups is 1. The Bertz CT molecular complexity index is 1460. The van der Waals surface area contributed by atoms with Crippen LogP contribution in [0.15, 0.2) is 77.5 Å². The van der Waals surface area contributed by atoms with Crippen LogP contribution in [-0.4, -0.2) is 25.3 Å². The highest BCUT2D eigenvalue weighted by atomic mass is 28.4. The Morgan fingerprint density at radius 2 is 1.87 bits per heavy atom. The molecule has 4 aromatic rings. The van der Waals surface area contributed by atoms with Crippen molar-refractivity contribution in [3.63, 3.8) is 0 Å². The lowest BCUT2D eigenvalue weighted by Crippen LogP contribution is -2.44. The molecule has 0 aliphatic carbocycles. The summed E-state index contributed by atoms with van der Waals surface area (Å²) in [4.78, 5) is 18.4. The second-order valence-corrected chi connectivity index (χ2v) is 16.0. The Morgan fingerprint density at radius 3 is 2.55 bits per heavy atom. The predicted molar refractivity (Wildman–Crippen MR) is 147 cm³/mol. The van der Waals surface area contributed by atoms with Gasteiger partial charge in [0.15, 0.2) is 0 Å². The van der Waals surface area contributed by atoms with Gasteiger partial charge in [-0.1, -0.05) is 51.1 Å². The first-order chi connectivity index (χ1) is 18.0. The first kappa shape index (κ1) is 25.8. The maximum absolute atomic E-state index is 15.3. The van der Waals surface area contributed by atoms with E-state index in [4.69, 9.17) is 13.8 Å². The molecule has 5 rings (SSSR count). The summed E-state index contributed by atoms with van der Waals surface area (Å²) in [5, 5.41) is 3.33. The molecule has 1 N–H and O–H groups in total. The highest BCUT2D eigenvalue weighted by Crippen LogP contribution is 2.38. The lowest BCUT2D eigenvalue weighted by atomic mass is 10.1. The van der Waals surface area contributed by atoms with Crippen LogP contribution < -0.4 is 14.3 Å². The number of hydrogen-bond donors (Lipinski definition) is 1. The van der Waals surface area contributed by atoms with E-state index in [-0.39, 0.29) is 10.9 Å². The molecule has 0 spiro atoms. The zero-order chi connectivity index (χ0) is 27.1. The van der Waals surface area contributed by atoms with Crippen LogP contribution in [0.2, 0.25) is 18.1 Å². The molecular formula is C30H33FN3O3Si+. The third-order valence-electron chi connectivity index (χ3n) is 7.46. The average molecular weight is 531 g/mol. The molecule has 196 valence electrons. The number of hydrogen-bond acceptors (Lipinski definition) is 5. The molecule has 1 unspecified atom stereocenters. The first-order valence-corrected chi connectivity index (χ1v) is 15.7. The number of nitrogens with one attached hydrogen (secondary N) is 1. The minimum atomic E-state index is -2.14. The third-order valence-corrected chi connectivity index (χ3v) is 11.8. The minimum absolute atomic E-state index is 0.00678. The fourth-order valence-electron chi connectivity index (χ4n) is 4.30. The van der Waals surface area contributed by atoms with Crippen LogP contribution in [0, 0.1) is 5.82 Å². The van der Waals surface area contributed by atoms with Gasteiger partial charge in [-0.3, -0.25) is 5.32 Å². The second-order valence-electron chi connectivity index (χ2n) is 11.3. The quantitative estimate of drug-likeness (QED) is 0.221. The van der Waals surface area contributed by atoms with Gasteiger partial charge in [0, 0.05) is 12.0 Å². The monoisotopic (exact) mass is 530 g/mol. The molecule has 8 heteroatoms. The largest absolute Gasteiger partial charge is 0.543 e. The molecule has 6 nitrogen and oxygen atoms in total. The van der Waals surface area contributed by atoms with Gasteiger partial charge in [0.25, 0.3) is 0 Å². The van der Waals surface area contributed by atoms with E-state index in [0.29, 0.717) is 47.1 Å². The average Bonchev–Trinajstić information content (AvgIpc) is 3.49. The molecule has 1 aliphatic heterocycles. The van der Waals surface area contributed by atoms with E-state index in [1.807, 2.05) is 36.4 Å². The van der Waals surface area contributed by atoms with Gasteiger partial charge < -0.3 is 8.84 Å². The smallest absolute Gasteiger partial charge is 0.359 e. The standard InChI is InChI=1S/C30H32FN3O3Si/c1-30(2,3)38(4,5)37-22-13-14-24(31)23(17-22)27-19-34-28(25(32-27)16-20-10-7-6-8-11-20)33-26(29(34)35)18-21-12-9-15-36-21/h6-15,17,19,26H,16,18H2,1-5H3/p+1. The zero-order valence-corrected chi connectivity index (χ0v) is 23.4. The van der Waals surface area contributed by atoms with Crippen LogP contribution in [0.3, 0.4) is 0 Å². The summed E-state index contributed by atoms with van der Waals surface area (Å²) >= 11 is 0. The minimum Gasteiger partial charge on any atom is -0.543 e. The number of halogens is 1. The summed E-state index contributed by atoms with van der Waals surface area (Å²) in [6, 6.07) is 17.8. The maximum atomic E-state index is 15.3. The van der Waals surface area contributed by atoms with Crippen molar-refractivity contribution in [1.82, 2.24) is 4.98 Å². The van der Waals surface area contributed by atoms with Gasteiger partial charge in [0.2, 0.25) is 14.4 Å². The Kier molecular flexibility index (Phi) is 6.69. The summed E-state index contributed by atoms with van der Waals surface area (Å²) in [6.45, 7) is 10.8. The molecule has 0 amide bonds. The molecule has 0 bridgehead atoms. The summed E-state index contributed by atoms with van der Waals surface area (Å²) in [5.74, 6) is 1.38. The van der Waals surface area contributed by atoms with Gasteiger partial charge >= 0.3 is 11.7 Å². The van der Waals surface area contributed by atoms with Gasteiger partial charge in [-0.15, -0.1) is 0 Å². The Hall–Kier alpha value is -3.78. The number of fused-ring (bicyclic) bond motifs is 1. The van der Waals surface area contributed by atoms with Crippen LogP contribution in [0.4, 0.5) is 10.2 Å². The van der Waals surface area contributed by atoms with Crippen molar-refractivity contribution in [3.05, 3.63) is 96.0 Å². The van der Waals surface area contributed by atoms with Crippen LogP contribution in [0.5, 0.6) is 5.75 Å². The highest BCUT2D eigenvalue weighted by molar-refractivity contribution is 6.74. The van der Waals surface area contributed by atoms with Crippen LogP contribution in [0.25, 0.3) is 11.3 Å². The van der Waals surface area contributed by atoms with Gasteiger partial charge in [0.05, 0.1) is 12.7 Å². The lowest BCUT2D eigenvalue weighted by molar-refractivity contribution is -0.552. The lowest BCUT2D eigenvalue weighted by Gasteiger charge is -2.36. The topological polar surface area (TPSA) is 68.2 Å². The number of rotatable bonds is 7. The SMILES string of the molecule is CC(C)(C)[Si](C)(C)Oc1ccc(F)c(-c2c[n+]3c(c(Cc4ccccc4)n2)NC(Cc2ccco2)C3=O)c1. The van der Waals surface area contributed by atoms with Crippen molar-refractivity contribution in [3.8, 4) is 17.0 Å². The van der Waals surface area contributed by atoms with Crippen molar-refractivity contribution in [1.29, 1.82) is 0 Å². The molecule has 0 fully saturated rings. The molecule has 1 atom stereocenters. The first-order valence-electron chi connectivity index (χ1n) is 12.8. The number of carbonyl (C=O) groups excluding carboxylic acids is 1. The second kappa shape index (κ2) is 9.83. The van der Waals surface area contributed by atoms with Crippen molar-refractivity contribution >= 4 is 20.0 Å². The van der Waals surface area contributed by atoms with Crippen molar-refractivity contribution in [2.45, 2.75) is 57.8 Å². The Labute approximate surface area is 223 Å². The van der Waals surface area contributed by atoms with E-state index in [0.717, 1.165) is 5.56 Å². The van der Waals surface area contributed by atoms with Crippen molar-refractivity contribution < 1.29 is 22.6 Å². The summed E-state index contributed by atoms with van der Waals surface area (Å²) in [7, 11) is -2.14. The van der Waals surface area contributed by atoms with Crippen LogP contribution in [0.1, 0.15) is 42.6 Å². The van der Waals surface area contributed by atoms with E-state index in [1.165, 1.54) is 6.07 Å². The van der Waals surface area contributed by atoms with Crippen molar-refractivity contribution in [2.24, 2.45) is 0 Å². The molecule has 2 aromatic carbocycles. The summed E-state index contributed by atoms with van der Waals surface area (Å²) < 4.78 is 28.7. The van der Waals surface area contributed by atoms with Crippen molar-refractivity contribution in [2.75, 3.05) is 5.32 Å². The molecule has 0 radical (unpaired) electrons. The predicted octanol–water partition coefficient (Wildman–Crippen LogP) is 6.42. The normalized spacial score (nSPS) is 15.3. The van der Waals surface area contributed by atoms with Crippen LogP contribution in [-0.2, 0) is 12.8 Å². The molecule has 1 aliphatic rings. The van der Waals surface area contributed by atoms with Gasteiger partial charge in [-0.05, 0) is 54.0 Å². The molecular weight excluding hydrogens is 497 g/mol. The highest BCUT2D eigenvalue weighted by Gasteiger charge is 2.42. The van der Waals surface area contributed by atoms with E-state index >= 15 is 4.39 Å². The van der Waals surface area contributed by atoms with E-state index in [9.17, 15) is 4.79 Å². The number of aromatic nitrogens is 2. The zero-order valence-electron chi connectivity index (χ0n) is 22.4. The van der Waals surface area contributed by atoms with E-state index in [2.05, 4.69) is 39.2 Å². The fourth-order valence-corrected chi connectivity index (χ4v) is 5.32. The van der Waals surface area contributed by atoms with Crippen LogP contribution >= 0.6 is 0 Å². The number of benzene rings is 2. The number of anilines is 1. The number of furan rings is 1. The maximum Gasteiger partial charge on any atom is 0.359 e. The summed E-state index contributed by atoms with van der Waals surface area (Å²) in [5.41, 5.74) is 2.39. The third kappa shape index (κ3) is 5.13.